The number of carbonyl (C=O) groups is 1. The summed E-state index contributed by atoms with van der Waals surface area (Å²) >= 11 is 1.60. The highest BCUT2D eigenvalue weighted by atomic mass is 32.2. The predicted octanol–water partition coefficient (Wildman–Crippen LogP) is 2.54. The van der Waals surface area contributed by atoms with Gasteiger partial charge in [-0.15, -0.1) is 5.10 Å². The zero-order chi connectivity index (χ0) is 16.4. The number of nitrogens with two attached hydrogens (primary N) is 1. The average molecular weight is 333 g/mol. The maximum Gasteiger partial charge on any atom is 0.249 e. The van der Waals surface area contributed by atoms with Crippen molar-refractivity contribution in [1.82, 2.24) is 14.8 Å². The number of carbonyl (C=O) groups excluding carboxylic acids is 1. The van der Waals surface area contributed by atoms with E-state index in [0.717, 1.165) is 18.6 Å². The number of thioether (sulfide) groups is 1. The molecule has 0 saturated heterocycles. The van der Waals surface area contributed by atoms with E-state index in [1.807, 2.05) is 6.07 Å². The van der Waals surface area contributed by atoms with Gasteiger partial charge in [0.25, 0.3) is 0 Å². The maximum atomic E-state index is 11.9. The molecule has 2 aromatic heterocycles. The summed E-state index contributed by atoms with van der Waals surface area (Å²) in [5, 5.41) is 8.32. The average Bonchev–Trinajstić information content (AvgIpc) is 3.14. The summed E-state index contributed by atoms with van der Waals surface area (Å²) in [7, 11) is 0. The Morgan fingerprint density at radius 3 is 3.04 bits per heavy atom. The van der Waals surface area contributed by atoms with Crippen LogP contribution in [0.25, 0.3) is 0 Å². The molecule has 1 atom stereocenters. The van der Waals surface area contributed by atoms with Crippen LogP contribution in [-0.2, 0) is 4.79 Å². The van der Waals surface area contributed by atoms with Crippen LogP contribution in [0.3, 0.4) is 0 Å². The third-order valence-electron chi connectivity index (χ3n) is 3.64. The van der Waals surface area contributed by atoms with Crippen molar-refractivity contribution in [2.24, 2.45) is 5.73 Å². The second kappa shape index (κ2) is 6.49. The number of allylic oxidation sites excluding steroid dienone is 1. The Labute approximate surface area is 138 Å². The predicted molar refractivity (Wildman–Crippen MR) is 88.0 cm³/mol. The van der Waals surface area contributed by atoms with Gasteiger partial charge in [0, 0.05) is 11.4 Å². The fourth-order valence-corrected chi connectivity index (χ4v) is 3.44. The fraction of sp³-hybridized carbons (Fsp3) is 0.400. The molecular formula is C15H19N5O2S. The number of nitrogens with zero attached hydrogens (tertiary/aromatic N) is 3. The van der Waals surface area contributed by atoms with Gasteiger partial charge in [-0.05, 0) is 25.5 Å². The second-order valence-electron chi connectivity index (χ2n) is 5.31. The molecule has 7 nitrogen and oxygen atoms in total. The highest BCUT2D eigenvalue weighted by Crippen LogP contribution is 2.35. The lowest BCUT2D eigenvalue weighted by Gasteiger charge is -2.25. The van der Waals surface area contributed by atoms with Gasteiger partial charge in [-0.3, -0.25) is 4.79 Å². The van der Waals surface area contributed by atoms with Crippen LogP contribution in [0.4, 0.5) is 5.95 Å². The van der Waals surface area contributed by atoms with Crippen molar-refractivity contribution in [3.8, 4) is 0 Å². The zero-order valence-corrected chi connectivity index (χ0v) is 13.9. The van der Waals surface area contributed by atoms with Gasteiger partial charge in [0.1, 0.15) is 11.8 Å². The molecule has 0 spiro atoms. The van der Waals surface area contributed by atoms with Crippen LogP contribution in [-0.4, -0.2) is 26.4 Å². The number of furan rings is 1. The molecule has 1 aliphatic rings. The SMILES string of the molecule is CCCCSc1nc2n(n1)[C@H](c1ccco1)C(C(N)=O)=C(C)N2. The van der Waals surface area contributed by atoms with Gasteiger partial charge in [-0.25, -0.2) is 4.68 Å². The van der Waals surface area contributed by atoms with Gasteiger partial charge in [0.15, 0.2) is 0 Å². The second-order valence-corrected chi connectivity index (χ2v) is 6.37. The molecule has 122 valence electrons. The van der Waals surface area contributed by atoms with Crippen molar-refractivity contribution in [1.29, 1.82) is 0 Å². The van der Waals surface area contributed by atoms with Crippen molar-refractivity contribution >= 4 is 23.6 Å². The first-order valence-electron chi connectivity index (χ1n) is 7.52. The third kappa shape index (κ3) is 2.98. The van der Waals surface area contributed by atoms with E-state index in [1.54, 1.807) is 35.7 Å². The number of hydrogen-bond acceptors (Lipinski definition) is 6. The normalized spacial score (nSPS) is 17.0. The van der Waals surface area contributed by atoms with Crippen LogP contribution in [0, 0.1) is 0 Å². The van der Waals surface area contributed by atoms with E-state index < -0.39 is 11.9 Å². The number of fused-ring (bicyclic) bond motifs is 1. The first-order valence-corrected chi connectivity index (χ1v) is 8.50. The van der Waals surface area contributed by atoms with E-state index in [4.69, 9.17) is 10.2 Å². The Morgan fingerprint density at radius 1 is 1.57 bits per heavy atom. The van der Waals surface area contributed by atoms with E-state index in [2.05, 4.69) is 22.3 Å². The lowest BCUT2D eigenvalue weighted by Crippen LogP contribution is -2.31. The molecule has 0 saturated carbocycles. The Balaban J connectivity index is 1.99. The van der Waals surface area contributed by atoms with Crippen molar-refractivity contribution in [3.05, 3.63) is 35.4 Å². The highest BCUT2D eigenvalue weighted by Gasteiger charge is 2.34. The minimum absolute atomic E-state index is 0.433. The number of aromatic nitrogens is 3. The molecule has 0 aromatic carbocycles. The fourth-order valence-electron chi connectivity index (χ4n) is 2.53. The molecule has 2 aromatic rings. The Bertz CT molecular complexity index is 735. The molecule has 23 heavy (non-hydrogen) atoms. The minimum atomic E-state index is -0.502. The summed E-state index contributed by atoms with van der Waals surface area (Å²) < 4.78 is 7.17. The number of hydrogen-bond donors (Lipinski definition) is 2. The number of nitrogens with one attached hydrogen (secondary N) is 1. The van der Waals surface area contributed by atoms with Crippen LogP contribution in [0.1, 0.15) is 38.5 Å². The van der Waals surface area contributed by atoms with Crippen LogP contribution in [0.15, 0.2) is 39.2 Å². The number of rotatable bonds is 6. The van der Waals surface area contributed by atoms with E-state index in [9.17, 15) is 4.79 Å². The van der Waals surface area contributed by atoms with Gasteiger partial charge in [-0.1, -0.05) is 25.1 Å². The Kier molecular flexibility index (Phi) is 4.42. The van der Waals surface area contributed by atoms with Crippen LogP contribution >= 0.6 is 11.8 Å². The van der Waals surface area contributed by atoms with Crippen molar-refractivity contribution in [2.75, 3.05) is 11.1 Å². The van der Waals surface area contributed by atoms with Gasteiger partial charge < -0.3 is 15.5 Å². The van der Waals surface area contributed by atoms with E-state index >= 15 is 0 Å². The summed E-state index contributed by atoms with van der Waals surface area (Å²) in [6.07, 6.45) is 3.80. The smallest absolute Gasteiger partial charge is 0.249 e. The first kappa shape index (κ1) is 15.7. The summed E-state index contributed by atoms with van der Waals surface area (Å²) in [6, 6.07) is 3.09. The molecule has 1 aliphatic heterocycles. The highest BCUT2D eigenvalue weighted by molar-refractivity contribution is 7.99. The Hall–Kier alpha value is -2.22. The summed E-state index contributed by atoms with van der Waals surface area (Å²) in [6.45, 7) is 3.95. The summed E-state index contributed by atoms with van der Waals surface area (Å²) in [5.41, 5.74) is 6.67. The zero-order valence-electron chi connectivity index (χ0n) is 13.1. The van der Waals surface area contributed by atoms with Crippen molar-refractivity contribution < 1.29 is 9.21 Å². The molecule has 3 N–H and O–H groups in total. The monoisotopic (exact) mass is 333 g/mol. The minimum Gasteiger partial charge on any atom is -0.467 e. The molecule has 3 rings (SSSR count). The molecule has 0 bridgehead atoms. The lowest BCUT2D eigenvalue weighted by molar-refractivity contribution is -0.115. The molecule has 0 fully saturated rings. The van der Waals surface area contributed by atoms with Gasteiger partial charge in [-0.2, -0.15) is 4.98 Å². The molecular weight excluding hydrogens is 314 g/mol. The van der Waals surface area contributed by atoms with E-state index in [1.165, 1.54) is 0 Å². The molecule has 0 radical (unpaired) electrons. The van der Waals surface area contributed by atoms with E-state index in [0.29, 0.717) is 28.1 Å². The topological polar surface area (TPSA) is 99.0 Å². The van der Waals surface area contributed by atoms with Gasteiger partial charge in [0.2, 0.25) is 17.0 Å². The first-order chi connectivity index (χ1) is 11.1. The lowest BCUT2D eigenvalue weighted by atomic mass is 10.0. The number of primary amides is 1. The molecule has 1 amide bonds. The standard InChI is InChI=1S/C15H19N5O2S/c1-3-4-8-23-15-18-14-17-9(2)11(13(16)21)12(20(14)19-15)10-6-5-7-22-10/h5-7,12H,3-4,8H2,1-2H3,(H2,16,21)(H,17,18,19)/t12-/m1/s1. The van der Waals surface area contributed by atoms with Crippen LogP contribution < -0.4 is 11.1 Å². The van der Waals surface area contributed by atoms with Gasteiger partial charge >= 0.3 is 0 Å². The van der Waals surface area contributed by atoms with Crippen molar-refractivity contribution in [2.45, 2.75) is 37.9 Å². The van der Waals surface area contributed by atoms with Crippen LogP contribution in [0.5, 0.6) is 0 Å². The van der Waals surface area contributed by atoms with Gasteiger partial charge in [0.05, 0.1) is 11.8 Å². The summed E-state index contributed by atoms with van der Waals surface area (Å²) in [4.78, 5) is 16.4. The Morgan fingerprint density at radius 2 is 2.39 bits per heavy atom. The quantitative estimate of drug-likeness (QED) is 0.622. The largest absolute Gasteiger partial charge is 0.467 e. The number of amides is 1. The van der Waals surface area contributed by atoms with Crippen LogP contribution in [0.2, 0.25) is 0 Å². The number of unbranched alkanes of at least 4 members (excludes halogenated alkanes) is 1. The van der Waals surface area contributed by atoms with Crippen molar-refractivity contribution in [3.63, 3.8) is 0 Å². The third-order valence-corrected chi connectivity index (χ3v) is 4.56. The summed E-state index contributed by atoms with van der Waals surface area (Å²) in [5.74, 6) is 1.65. The molecule has 8 heteroatoms. The molecule has 0 unspecified atom stereocenters. The molecule has 3 heterocycles. The maximum absolute atomic E-state index is 11.9. The van der Waals surface area contributed by atoms with E-state index in [-0.39, 0.29) is 0 Å². The molecule has 0 aliphatic carbocycles. The number of anilines is 1.